The van der Waals surface area contributed by atoms with Crippen LogP contribution in [0, 0.1) is 10.1 Å². The van der Waals surface area contributed by atoms with Crippen LogP contribution in [0.2, 0.25) is 0 Å². The van der Waals surface area contributed by atoms with Crippen molar-refractivity contribution in [3.05, 3.63) is 64.2 Å². The molecule has 0 saturated carbocycles. The number of sulfonamides is 1. The quantitative estimate of drug-likeness (QED) is 0.373. The monoisotopic (exact) mass is 422 g/mol. The second-order valence-electron chi connectivity index (χ2n) is 5.40. The number of carbonyl (C=O) groups excluding carboxylic acids is 2. The van der Waals surface area contributed by atoms with Crippen LogP contribution in [-0.4, -0.2) is 30.3 Å². The first-order chi connectivity index (χ1) is 13.1. The fraction of sp³-hybridized carbons (Fsp3) is 0.0625. The molecule has 0 bridgehead atoms. The van der Waals surface area contributed by atoms with E-state index in [1.165, 1.54) is 48.5 Å². The number of rotatable bonds is 5. The van der Waals surface area contributed by atoms with E-state index in [1.807, 2.05) is 4.72 Å². The van der Waals surface area contributed by atoms with Crippen molar-refractivity contribution in [2.45, 2.75) is 11.8 Å². The smallest absolute Gasteiger partial charge is 0.269 e. The van der Waals surface area contributed by atoms with Crippen LogP contribution >= 0.6 is 12.2 Å². The molecule has 0 radical (unpaired) electrons. The third kappa shape index (κ3) is 5.56. The van der Waals surface area contributed by atoms with Gasteiger partial charge in [0, 0.05) is 30.3 Å². The van der Waals surface area contributed by atoms with Gasteiger partial charge >= 0.3 is 0 Å². The topological polar surface area (TPSA) is 148 Å². The number of nitro benzene ring substituents is 1. The lowest BCUT2D eigenvalue weighted by Crippen LogP contribution is -2.34. The summed E-state index contributed by atoms with van der Waals surface area (Å²) in [6, 6.07) is 10.3. The lowest BCUT2D eigenvalue weighted by molar-refractivity contribution is -0.384. The number of nitro groups is 1. The van der Waals surface area contributed by atoms with E-state index < -0.39 is 26.8 Å². The van der Waals surface area contributed by atoms with Crippen molar-refractivity contribution in [2.75, 3.05) is 5.32 Å². The zero-order valence-electron chi connectivity index (χ0n) is 14.3. The Morgan fingerprint density at radius 1 is 1.04 bits per heavy atom. The molecule has 0 unspecified atom stereocenters. The fourth-order valence-electron chi connectivity index (χ4n) is 2.04. The van der Waals surface area contributed by atoms with Crippen LogP contribution in [0.5, 0.6) is 0 Å². The minimum atomic E-state index is -3.95. The number of non-ortho nitro benzene ring substituents is 1. The van der Waals surface area contributed by atoms with Crippen LogP contribution < -0.4 is 15.4 Å². The standard InChI is InChI=1S/C16H14N4O6S2/c1-10(21)19-28(25,26)14-8-4-12(5-9-14)17-16(27)18-15(22)11-2-6-13(7-3-11)20(23)24/h2-9H,1H3,(H,19,21)(H2,17,18,22,27). The molecule has 2 amide bonds. The number of amides is 2. The Bertz CT molecular complexity index is 1030. The zero-order valence-corrected chi connectivity index (χ0v) is 16.0. The van der Waals surface area contributed by atoms with Crippen molar-refractivity contribution in [3.8, 4) is 0 Å². The molecule has 2 aromatic carbocycles. The Morgan fingerprint density at radius 3 is 2.11 bits per heavy atom. The van der Waals surface area contributed by atoms with E-state index in [4.69, 9.17) is 12.2 Å². The van der Waals surface area contributed by atoms with Crippen LogP contribution in [-0.2, 0) is 14.8 Å². The average molecular weight is 422 g/mol. The number of hydrogen-bond acceptors (Lipinski definition) is 7. The van der Waals surface area contributed by atoms with E-state index in [-0.39, 0.29) is 21.3 Å². The first-order valence-electron chi connectivity index (χ1n) is 7.59. The van der Waals surface area contributed by atoms with Crippen molar-refractivity contribution in [1.82, 2.24) is 10.0 Å². The van der Waals surface area contributed by atoms with Crippen molar-refractivity contribution >= 4 is 50.5 Å². The molecule has 2 aromatic rings. The summed E-state index contributed by atoms with van der Waals surface area (Å²) >= 11 is 5.02. The first-order valence-corrected chi connectivity index (χ1v) is 9.48. The van der Waals surface area contributed by atoms with E-state index in [1.54, 1.807) is 0 Å². The van der Waals surface area contributed by atoms with Gasteiger partial charge in [-0.05, 0) is 48.6 Å². The Kier molecular flexibility index (Phi) is 6.38. The van der Waals surface area contributed by atoms with Crippen LogP contribution in [0.3, 0.4) is 0 Å². The molecular formula is C16H14N4O6S2. The molecule has 146 valence electrons. The van der Waals surface area contributed by atoms with Gasteiger partial charge in [-0.25, -0.2) is 13.1 Å². The van der Waals surface area contributed by atoms with Crippen molar-refractivity contribution in [2.24, 2.45) is 0 Å². The Labute approximate surface area is 165 Å². The van der Waals surface area contributed by atoms with Gasteiger partial charge in [0.1, 0.15) is 0 Å². The molecule has 3 N–H and O–H groups in total. The molecule has 0 heterocycles. The molecule has 0 saturated heterocycles. The molecule has 0 aliphatic carbocycles. The number of thiocarbonyl (C=S) groups is 1. The lowest BCUT2D eigenvalue weighted by atomic mass is 10.2. The molecule has 12 heteroatoms. The number of carbonyl (C=O) groups is 2. The minimum Gasteiger partial charge on any atom is -0.332 e. The van der Waals surface area contributed by atoms with Gasteiger partial charge in [0.2, 0.25) is 5.91 Å². The molecule has 10 nitrogen and oxygen atoms in total. The summed E-state index contributed by atoms with van der Waals surface area (Å²) in [5.74, 6) is -1.28. The molecule has 0 aliphatic heterocycles. The van der Waals surface area contributed by atoms with Gasteiger partial charge in [-0.15, -0.1) is 0 Å². The predicted octanol–water partition coefficient (Wildman–Crippen LogP) is 1.55. The number of hydrogen-bond donors (Lipinski definition) is 3. The summed E-state index contributed by atoms with van der Waals surface area (Å²) in [4.78, 5) is 32.9. The maximum absolute atomic E-state index is 12.1. The van der Waals surface area contributed by atoms with Crippen LogP contribution in [0.25, 0.3) is 0 Å². The Morgan fingerprint density at radius 2 is 1.61 bits per heavy atom. The highest BCUT2D eigenvalue weighted by Gasteiger charge is 2.15. The Balaban J connectivity index is 2.00. The summed E-state index contributed by atoms with van der Waals surface area (Å²) in [6.07, 6.45) is 0. The van der Waals surface area contributed by atoms with Gasteiger partial charge in [-0.3, -0.25) is 25.0 Å². The second-order valence-corrected chi connectivity index (χ2v) is 7.49. The Hall–Kier alpha value is -3.38. The van der Waals surface area contributed by atoms with Crippen molar-refractivity contribution in [1.29, 1.82) is 0 Å². The van der Waals surface area contributed by atoms with Gasteiger partial charge in [0.25, 0.3) is 21.6 Å². The maximum Gasteiger partial charge on any atom is 0.269 e. The molecule has 0 aliphatic rings. The van der Waals surface area contributed by atoms with E-state index >= 15 is 0 Å². The number of nitrogens with one attached hydrogen (secondary N) is 3. The summed E-state index contributed by atoms with van der Waals surface area (Å²) < 4.78 is 25.6. The van der Waals surface area contributed by atoms with E-state index in [0.717, 1.165) is 6.92 Å². The summed E-state index contributed by atoms with van der Waals surface area (Å²) in [5.41, 5.74) is 0.425. The molecule has 28 heavy (non-hydrogen) atoms. The summed E-state index contributed by atoms with van der Waals surface area (Å²) in [7, 11) is -3.95. The van der Waals surface area contributed by atoms with Gasteiger partial charge in [0.15, 0.2) is 5.11 Å². The van der Waals surface area contributed by atoms with Crippen LogP contribution in [0.1, 0.15) is 17.3 Å². The third-order valence-corrected chi connectivity index (χ3v) is 4.92. The van der Waals surface area contributed by atoms with Crippen molar-refractivity contribution < 1.29 is 22.9 Å². The van der Waals surface area contributed by atoms with Gasteiger partial charge < -0.3 is 5.32 Å². The highest BCUT2D eigenvalue weighted by Crippen LogP contribution is 2.14. The molecule has 2 rings (SSSR count). The maximum atomic E-state index is 12.1. The largest absolute Gasteiger partial charge is 0.332 e. The van der Waals surface area contributed by atoms with Crippen LogP contribution in [0.15, 0.2) is 53.4 Å². The number of benzene rings is 2. The van der Waals surface area contributed by atoms with Gasteiger partial charge in [0.05, 0.1) is 9.82 Å². The third-order valence-electron chi connectivity index (χ3n) is 3.27. The average Bonchev–Trinajstić information content (AvgIpc) is 2.61. The highest BCUT2D eigenvalue weighted by atomic mass is 32.2. The number of nitrogens with zero attached hydrogens (tertiary/aromatic N) is 1. The van der Waals surface area contributed by atoms with E-state index in [9.17, 15) is 28.1 Å². The van der Waals surface area contributed by atoms with E-state index in [2.05, 4.69) is 10.6 Å². The predicted molar refractivity (Wildman–Crippen MR) is 104 cm³/mol. The second kappa shape index (κ2) is 8.54. The first kappa shape index (κ1) is 20.9. The lowest BCUT2D eigenvalue weighted by Gasteiger charge is -2.10. The summed E-state index contributed by atoms with van der Waals surface area (Å²) in [5, 5.41) is 15.7. The molecular weight excluding hydrogens is 408 g/mol. The van der Waals surface area contributed by atoms with Gasteiger partial charge in [-0.2, -0.15) is 0 Å². The van der Waals surface area contributed by atoms with E-state index in [0.29, 0.717) is 5.69 Å². The fourth-order valence-corrected chi connectivity index (χ4v) is 3.24. The molecule has 0 atom stereocenters. The SMILES string of the molecule is CC(=O)NS(=O)(=O)c1ccc(NC(=S)NC(=O)c2ccc([N+](=O)[O-])cc2)cc1. The zero-order chi connectivity index (χ0) is 20.9. The van der Waals surface area contributed by atoms with Gasteiger partial charge in [-0.1, -0.05) is 0 Å². The number of anilines is 1. The van der Waals surface area contributed by atoms with Crippen LogP contribution in [0.4, 0.5) is 11.4 Å². The summed E-state index contributed by atoms with van der Waals surface area (Å²) in [6.45, 7) is 1.08. The highest BCUT2D eigenvalue weighted by molar-refractivity contribution is 7.90. The molecule has 0 spiro atoms. The molecule has 0 fully saturated rings. The minimum absolute atomic E-state index is 0.0548. The molecule has 0 aromatic heterocycles. The normalized spacial score (nSPS) is 10.6. The van der Waals surface area contributed by atoms with Crippen molar-refractivity contribution in [3.63, 3.8) is 0 Å².